The van der Waals surface area contributed by atoms with Gasteiger partial charge in [0.15, 0.2) is 6.10 Å². The number of aliphatic hydroxyl groups is 2. The number of nitrogens with zero attached hydrogens (tertiary/aromatic N) is 4. The number of hydrogen-bond donors (Lipinski definition) is 3. The van der Waals surface area contributed by atoms with Crippen LogP contribution in [0.5, 0.6) is 0 Å². The van der Waals surface area contributed by atoms with Crippen LogP contribution in [0.3, 0.4) is 0 Å². The Morgan fingerprint density at radius 2 is 2.06 bits per heavy atom. The topological polar surface area (TPSA) is 119 Å². The Morgan fingerprint density at radius 3 is 2.65 bits per heavy atom. The smallest absolute Gasteiger partial charge is 0.323 e. The Kier molecular flexibility index (Phi) is 5.90. The average molecular weight is 444 g/mol. The van der Waals surface area contributed by atoms with Gasteiger partial charge in [0, 0.05) is 19.3 Å². The van der Waals surface area contributed by atoms with E-state index in [1.165, 1.54) is 11.1 Å². The molecule has 2 aromatic rings. The summed E-state index contributed by atoms with van der Waals surface area (Å²) in [4.78, 5) is 36.0. The molecule has 10 heteroatoms. The molecule has 1 saturated heterocycles. The zero-order valence-electron chi connectivity index (χ0n) is 16.8. The lowest BCUT2D eigenvalue weighted by Crippen LogP contribution is -2.38. The number of rotatable bonds is 3. The average Bonchev–Trinajstić information content (AvgIpc) is 3.02. The van der Waals surface area contributed by atoms with Crippen molar-refractivity contribution in [2.45, 2.75) is 25.6 Å². The predicted octanol–water partition coefficient (Wildman–Crippen LogP) is 1.83. The van der Waals surface area contributed by atoms with Gasteiger partial charge in [-0.1, -0.05) is 23.7 Å². The fourth-order valence-corrected chi connectivity index (χ4v) is 3.83. The van der Waals surface area contributed by atoms with Crippen molar-refractivity contribution in [2.24, 2.45) is 0 Å². The van der Waals surface area contributed by atoms with Crippen molar-refractivity contribution in [3.8, 4) is 0 Å². The molecule has 3 amide bonds. The molecule has 162 valence electrons. The molecule has 2 aliphatic heterocycles. The summed E-state index contributed by atoms with van der Waals surface area (Å²) in [5.41, 5.74) is 2.91. The number of aromatic nitrogens is 2. The normalized spacial score (nSPS) is 21.3. The summed E-state index contributed by atoms with van der Waals surface area (Å²) in [5.74, 6) is -0.0860. The molecule has 31 heavy (non-hydrogen) atoms. The third-order valence-corrected chi connectivity index (χ3v) is 5.63. The van der Waals surface area contributed by atoms with E-state index in [9.17, 15) is 19.8 Å². The van der Waals surface area contributed by atoms with Crippen molar-refractivity contribution in [3.63, 3.8) is 0 Å². The number of carbonyl (C=O) groups excluding carboxylic acids is 2. The molecule has 0 aromatic carbocycles. The Hall–Kier alpha value is -3.01. The Morgan fingerprint density at radius 1 is 1.26 bits per heavy atom. The summed E-state index contributed by atoms with van der Waals surface area (Å²) in [6.07, 6.45) is 3.08. The molecule has 0 saturated carbocycles. The minimum atomic E-state index is -1.44. The Balaban J connectivity index is 1.42. The fourth-order valence-electron chi connectivity index (χ4n) is 3.54. The van der Waals surface area contributed by atoms with Crippen LogP contribution in [0.25, 0.3) is 5.57 Å². The van der Waals surface area contributed by atoms with Crippen molar-refractivity contribution in [1.82, 2.24) is 14.9 Å². The molecular weight excluding hydrogens is 422 g/mol. The van der Waals surface area contributed by atoms with E-state index in [0.717, 1.165) is 11.1 Å². The van der Waals surface area contributed by atoms with Crippen molar-refractivity contribution in [2.75, 3.05) is 29.9 Å². The minimum Gasteiger partial charge on any atom is -0.388 e. The first kappa shape index (κ1) is 21.2. The van der Waals surface area contributed by atoms with Gasteiger partial charge in [0.2, 0.25) is 0 Å². The maximum absolute atomic E-state index is 12.5. The van der Waals surface area contributed by atoms with Gasteiger partial charge in [-0.3, -0.25) is 15.1 Å². The van der Waals surface area contributed by atoms with Gasteiger partial charge in [-0.2, -0.15) is 0 Å². The molecule has 0 unspecified atom stereocenters. The number of halogens is 1. The number of aryl methyl sites for hydroxylation is 1. The number of carbonyl (C=O) groups is 2. The maximum atomic E-state index is 12.5. The highest BCUT2D eigenvalue weighted by atomic mass is 35.5. The highest BCUT2D eigenvalue weighted by Crippen LogP contribution is 2.31. The van der Waals surface area contributed by atoms with Crippen molar-refractivity contribution >= 4 is 40.6 Å². The van der Waals surface area contributed by atoms with Gasteiger partial charge in [-0.15, -0.1) is 0 Å². The summed E-state index contributed by atoms with van der Waals surface area (Å²) in [6.45, 7) is 2.80. The molecule has 4 rings (SSSR count). The first-order chi connectivity index (χ1) is 14.8. The molecule has 3 N–H and O–H groups in total. The fraction of sp³-hybridized carbons (Fsp3) is 0.333. The highest BCUT2D eigenvalue weighted by molar-refractivity contribution is 6.32. The molecule has 0 radical (unpaired) electrons. The lowest BCUT2D eigenvalue weighted by molar-refractivity contribution is -0.126. The van der Waals surface area contributed by atoms with E-state index < -0.39 is 18.1 Å². The maximum Gasteiger partial charge on any atom is 0.323 e. The Bertz CT molecular complexity index is 1040. The summed E-state index contributed by atoms with van der Waals surface area (Å²) < 4.78 is 0. The molecule has 9 nitrogen and oxygen atoms in total. The van der Waals surface area contributed by atoms with Gasteiger partial charge >= 0.3 is 6.03 Å². The van der Waals surface area contributed by atoms with Crippen molar-refractivity contribution in [3.05, 3.63) is 52.9 Å². The Labute approximate surface area is 184 Å². The standard InChI is InChI=1S/C21H22ClN5O4/c1-12-2-3-17(23-9-12)25-21(31)26-6-4-13(5-7-26)18-15(22)8-14(10-24-18)27-11-16(28)19(29)20(27)30/h2-4,8-10,16,19,28-29H,5-7,11H2,1H3,(H,23,25,31)/t16-,19-/m1/s1. The van der Waals surface area contributed by atoms with Crippen LogP contribution in [0.1, 0.15) is 17.7 Å². The number of amides is 3. The summed E-state index contributed by atoms with van der Waals surface area (Å²) in [6, 6.07) is 5.00. The van der Waals surface area contributed by atoms with Crippen LogP contribution in [0.15, 0.2) is 36.7 Å². The number of urea groups is 1. The van der Waals surface area contributed by atoms with Crippen LogP contribution in [0.2, 0.25) is 5.02 Å². The number of anilines is 2. The zero-order valence-corrected chi connectivity index (χ0v) is 17.6. The van der Waals surface area contributed by atoms with Crippen LogP contribution in [-0.2, 0) is 4.79 Å². The van der Waals surface area contributed by atoms with Gasteiger partial charge < -0.3 is 20.0 Å². The first-order valence-electron chi connectivity index (χ1n) is 9.84. The molecule has 2 aromatic heterocycles. The monoisotopic (exact) mass is 443 g/mol. The van der Waals surface area contributed by atoms with Gasteiger partial charge in [0.1, 0.15) is 11.9 Å². The number of pyridine rings is 2. The molecule has 2 aliphatic rings. The van der Waals surface area contributed by atoms with Gasteiger partial charge in [0.05, 0.1) is 29.1 Å². The molecule has 4 heterocycles. The predicted molar refractivity (Wildman–Crippen MR) is 116 cm³/mol. The molecule has 1 fully saturated rings. The number of nitrogens with one attached hydrogen (secondary N) is 1. The van der Waals surface area contributed by atoms with Crippen LogP contribution < -0.4 is 10.2 Å². The lowest BCUT2D eigenvalue weighted by Gasteiger charge is -2.27. The van der Waals surface area contributed by atoms with Gasteiger partial charge in [-0.05, 0) is 36.6 Å². The molecule has 0 aliphatic carbocycles. The number of β-amino-alcohol motifs (C(OH)–C–C–N with tert-alkyl or cyclic N) is 1. The van der Waals surface area contributed by atoms with Crippen LogP contribution in [-0.4, -0.2) is 68.9 Å². The van der Waals surface area contributed by atoms with E-state index in [1.807, 2.05) is 19.1 Å². The van der Waals surface area contributed by atoms with E-state index in [0.29, 0.717) is 41.7 Å². The highest BCUT2D eigenvalue weighted by Gasteiger charge is 2.39. The molecule has 2 atom stereocenters. The second-order valence-corrected chi connectivity index (χ2v) is 7.97. The second kappa shape index (κ2) is 8.62. The van der Waals surface area contributed by atoms with Gasteiger partial charge in [0.25, 0.3) is 5.91 Å². The zero-order chi connectivity index (χ0) is 22.1. The second-order valence-electron chi connectivity index (χ2n) is 7.56. The van der Waals surface area contributed by atoms with E-state index in [-0.39, 0.29) is 12.6 Å². The van der Waals surface area contributed by atoms with Crippen LogP contribution in [0, 0.1) is 6.92 Å². The van der Waals surface area contributed by atoms with E-state index >= 15 is 0 Å². The minimum absolute atomic E-state index is 0.0139. The largest absolute Gasteiger partial charge is 0.388 e. The lowest BCUT2D eigenvalue weighted by atomic mass is 10.0. The summed E-state index contributed by atoms with van der Waals surface area (Å²) in [5, 5.41) is 22.5. The van der Waals surface area contributed by atoms with Crippen molar-refractivity contribution in [1.29, 1.82) is 0 Å². The van der Waals surface area contributed by atoms with Crippen molar-refractivity contribution < 1.29 is 19.8 Å². The summed E-state index contributed by atoms with van der Waals surface area (Å²) >= 11 is 6.41. The third kappa shape index (κ3) is 4.39. The molecule has 0 bridgehead atoms. The van der Waals surface area contributed by atoms with Crippen LogP contribution >= 0.6 is 11.6 Å². The van der Waals surface area contributed by atoms with Crippen LogP contribution in [0.4, 0.5) is 16.3 Å². The number of hydrogen-bond acceptors (Lipinski definition) is 6. The number of aliphatic hydroxyl groups excluding tert-OH is 2. The van der Waals surface area contributed by atoms with E-state index in [2.05, 4.69) is 15.3 Å². The van der Waals surface area contributed by atoms with E-state index in [1.54, 1.807) is 23.2 Å². The first-order valence-corrected chi connectivity index (χ1v) is 10.2. The quantitative estimate of drug-likeness (QED) is 0.665. The molecule has 0 spiro atoms. The summed E-state index contributed by atoms with van der Waals surface area (Å²) in [7, 11) is 0. The SMILES string of the molecule is Cc1ccc(NC(=O)N2CC=C(c3ncc(N4C[C@@H](O)[C@@H](O)C4=O)cc3Cl)CC2)nc1. The molecular formula is C21H22ClN5O4. The van der Waals surface area contributed by atoms with E-state index in [4.69, 9.17) is 11.6 Å². The van der Waals surface area contributed by atoms with Gasteiger partial charge in [-0.25, -0.2) is 9.78 Å². The third-order valence-electron chi connectivity index (χ3n) is 5.34.